The van der Waals surface area contributed by atoms with E-state index in [0.29, 0.717) is 69.0 Å². The van der Waals surface area contributed by atoms with E-state index in [9.17, 15) is 32.4 Å². The van der Waals surface area contributed by atoms with E-state index in [2.05, 4.69) is 30.2 Å². The van der Waals surface area contributed by atoms with Gasteiger partial charge < -0.3 is 20.0 Å². The number of carbonyl (C=O) groups is 5. The van der Waals surface area contributed by atoms with Crippen LogP contribution in [-0.2, 0) is 24.4 Å². The predicted molar refractivity (Wildman–Crippen MR) is 216 cm³/mol. The number of benzene rings is 3. The highest BCUT2D eigenvalue weighted by Gasteiger charge is 2.45. The average molecular weight is 833 g/mol. The molecule has 60 heavy (non-hydrogen) atoms. The molecule has 2 aromatic heterocycles. The molecule has 0 bridgehead atoms. The number of piperazine rings is 1. The van der Waals surface area contributed by atoms with Crippen LogP contribution in [-0.4, -0.2) is 107 Å². The molecule has 18 nitrogen and oxygen atoms in total. The second-order valence-corrected chi connectivity index (χ2v) is 16.3. The minimum Gasteiger partial charge on any atom is -0.414 e. The van der Waals surface area contributed by atoms with E-state index in [0.717, 1.165) is 16.2 Å². The van der Waals surface area contributed by atoms with Gasteiger partial charge in [0.2, 0.25) is 33.6 Å². The molecular formula is C41H40N10O8S. The van der Waals surface area contributed by atoms with Crippen LogP contribution >= 0.6 is 0 Å². The number of anilines is 2. The summed E-state index contributed by atoms with van der Waals surface area (Å²) < 4.78 is 34.5. The van der Waals surface area contributed by atoms with Crippen molar-refractivity contribution in [2.24, 2.45) is 0 Å². The molecule has 19 heteroatoms. The van der Waals surface area contributed by atoms with E-state index in [4.69, 9.17) is 10.2 Å². The third-order valence-electron chi connectivity index (χ3n) is 10.7. The highest BCUT2D eigenvalue weighted by Crippen LogP contribution is 2.32. The number of nitrogen functional groups attached to an aromatic ring is 1. The van der Waals surface area contributed by atoms with Crippen LogP contribution in [0, 0.1) is 0 Å². The van der Waals surface area contributed by atoms with Crippen molar-refractivity contribution in [2.45, 2.75) is 49.5 Å². The fraction of sp³-hybridized carbons (Fsp3) is 0.293. The number of fused-ring (bicyclic) bond motifs is 1. The van der Waals surface area contributed by atoms with Crippen molar-refractivity contribution >= 4 is 51.1 Å². The van der Waals surface area contributed by atoms with Crippen molar-refractivity contribution in [3.63, 3.8) is 0 Å². The zero-order valence-corrected chi connectivity index (χ0v) is 33.1. The van der Waals surface area contributed by atoms with Gasteiger partial charge in [-0.05, 0) is 61.7 Å². The zero-order chi connectivity index (χ0) is 42.0. The predicted octanol–water partition coefficient (Wildman–Crippen LogP) is 3.03. The van der Waals surface area contributed by atoms with E-state index in [-0.39, 0.29) is 58.7 Å². The Hall–Kier alpha value is -6.86. The van der Waals surface area contributed by atoms with Crippen LogP contribution in [0.25, 0.3) is 34.3 Å². The highest BCUT2D eigenvalue weighted by atomic mass is 32.2. The molecule has 3 aromatic carbocycles. The lowest BCUT2D eigenvalue weighted by atomic mass is 10.0. The average Bonchev–Trinajstić information content (AvgIpc) is 3.85. The molecule has 308 valence electrons. The fourth-order valence-corrected chi connectivity index (χ4v) is 8.49. The molecule has 2 fully saturated rings. The van der Waals surface area contributed by atoms with Gasteiger partial charge >= 0.3 is 0 Å². The number of rotatable bonds is 13. The number of imide groups is 2. The minimum atomic E-state index is -3.79. The van der Waals surface area contributed by atoms with Crippen molar-refractivity contribution in [2.75, 3.05) is 43.4 Å². The number of hydrogen-bond acceptors (Lipinski definition) is 14. The molecule has 0 aliphatic carbocycles. The second-order valence-electron chi connectivity index (χ2n) is 14.5. The summed E-state index contributed by atoms with van der Waals surface area (Å²) in [5, 5.41) is 10.4. The zero-order valence-electron chi connectivity index (χ0n) is 32.2. The van der Waals surface area contributed by atoms with Crippen LogP contribution < -0.4 is 20.7 Å². The van der Waals surface area contributed by atoms with Crippen LogP contribution in [0.1, 0.15) is 59.2 Å². The summed E-state index contributed by atoms with van der Waals surface area (Å²) in [5.74, 6) is -1.69. The molecule has 5 amide bonds. The summed E-state index contributed by atoms with van der Waals surface area (Å²) in [5.41, 5.74) is 9.22. The van der Waals surface area contributed by atoms with E-state index in [1.54, 1.807) is 35.2 Å². The molecule has 1 unspecified atom stereocenters. The molecule has 3 aliphatic rings. The number of amides is 5. The second kappa shape index (κ2) is 16.8. The maximum absolute atomic E-state index is 13.3. The summed E-state index contributed by atoms with van der Waals surface area (Å²) in [4.78, 5) is 76.9. The van der Waals surface area contributed by atoms with Gasteiger partial charge in [-0.15, -0.1) is 10.2 Å². The summed E-state index contributed by atoms with van der Waals surface area (Å²) in [6.07, 6.45) is 3.73. The third-order valence-corrected chi connectivity index (χ3v) is 12.2. The molecular weight excluding hydrogens is 793 g/mol. The highest BCUT2D eigenvalue weighted by molar-refractivity contribution is 7.89. The van der Waals surface area contributed by atoms with Crippen LogP contribution in [0.4, 0.5) is 11.5 Å². The van der Waals surface area contributed by atoms with E-state index >= 15 is 0 Å². The maximum Gasteiger partial charge on any atom is 0.270 e. The standard InChI is InChI=1S/C41H40N10O8S/c42-36-35(39-48-47-38(59-39)26-7-3-1-4-8-26)45-31(24-43-36)25-10-13-28(14-11-25)60(57,58)44-18-6-2-5-9-34(53)50-21-19-49(20-22-50)27-12-15-29-30(23-27)41(56)51(40(29)55)32-16-17-33(52)46-37(32)54/h1,3-4,7-8,10-15,23-24,32,44H,2,5-6,9,16-22H2,(H2,42,43)(H,46,52,54). The number of piperidine rings is 1. The van der Waals surface area contributed by atoms with Crippen LogP contribution in [0.15, 0.2) is 88.3 Å². The first kappa shape index (κ1) is 39.9. The first-order chi connectivity index (χ1) is 29.0. The van der Waals surface area contributed by atoms with Gasteiger partial charge in [0.15, 0.2) is 11.5 Å². The molecule has 2 saturated heterocycles. The SMILES string of the molecule is Nc1ncc(-c2ccc(S(=O)(=O)NCCCCCC(=O)N3CCN(c4ccc5c(c4)C(=O)N(C4CCC(=O)NC4=O)C5=O)CC3)cc2)nc1-c1nnc(-c2ccccc2)o1. The van der Waals surface area contributed by atoms with Gasteiger partial charge in [-0.1, -0.05) is 36.8 Å². The van der Waals surface area contributed by atoms with E-state index in [1.807, 2.05) is 35.2 Å². The molecule has 3 aliphatic heterocycles. The topological polar surface area (TPSA) is 244 Å². The molecule has 8 rings (SSSR count). The van der Waals surface area contributed by atoms with Crippen LogP contribution in [0.3, 0.4) is 0 Å². The number of unbranched alkanes of at least 4 members (excludes halogenated alkanes) is 2. The fourth-order valence-electron chi connectivity index (χ4n) is 7.41. The number of hydrogen-bond donors (Lipinski definition) is 3. The first-order valence-corrected chi connectivity index (χ1v) is 21.0. The van der Waals surface area contributed by atoms with Crippen molar-refractivity contribution in [3.8, 4) is 34.3 Å². The normalized spacial score (nSPS) is 16.9. The summed E-state index contributed by atoms with van der Waals surface area (Å²) in [6.45, 7) is 2.21. The van der Waals surface area contributed by atoms with Gasteiger partial charge in [-0.2, -0.15) is 0 Å². The maximum atomic E-state index is 13.3. The number of nitrogens with two attached hydrogens (primary N) is 1. The van der Waals surface area contributed by atoms with Gasteiger partial charge in [0, 0.05) is 62.4 Å². The number of nitrogens with one attached hydrogen (secondary N) is 2. The summed E-state index contributed by atoms with van der Waals surface area (Å²) >= 11 is 0. The van der Waals surface area contributed by atoms with Gasteiger partial charge in [-0.25, -0.2) is 23.1 Å². The third kappa shape index (κ3) is 8.21. The van der Waals surface area contributed by atoms with Crippen LogP contribution in [0.5, 0.6) is 0 Å². The molecule has 4 N–H and O–H groups in total. The molecule has 0 spiro atoms. The van der Waals surface area contributed by atoms with Crippen molar-refractivity contribution in [1.29, 1.82) is 0 Å². The van der Waals surface area contributed by atoms with Gasteiger partial charge in [0.1, 0.15) is 6.04 Å². The first-order valence-electron chi connectivity index (χ1n) is 19.5. The minimum absolute atomic E-state index is 0.0110. The number of sulfonamides is 1. The Morgan fingerprint density at radius 1 is 0.850 bits per heavy atom. The van der Waals surface area contributed by atoms with Gasteiger partial charge in [0.05, 0.1) is 27.9 Å². The summed E-state index contributed by atoms with van der Waals surface area (Å²) in [6, 6.07) is 19.4. The Kier molecular flexibility index (Phi) is 11.2. The molecule has 0 radical (unpaired) electrons. The molecule has 1 atom stereocenters. The monoisotopic (exact) mass is 832 g/mol. The molecule has 5 aromatic rings. The molecule has 0 saturated carbocycles. The largest absolute Gasteiger partial charge is 0.414 e. The number of nitrogens with zero attached hydrogens (tertiary/aromatic N) is 7. The summed E-state index contributed by atoms with van der Waals surface area (Å²) in [7, 11) is -3.79. The quantitative estimate of drug-likeness (QED) is 0.114. The smallest absolute Gasteiger partial charge is 0.270 e. The number of carbonyl (C=O) groups excluding carboxylic acids is 5. The van der Waals surface area contributed by atoms with E-state index < -0.39 is 39.7 Å². The Morgan fingerprint density at radius 3 is 2.33 bits per heavy atom. The van der Waals surface area contributed by atoms with Crippen molar-refractivity contribution in [3.05, 3.63) is 90.1 Å². The Morgan fingerprint density at radius 2 is 1.58 bits per heavy atom. The Bertz CT molecular complexity index is 2590. The van der Waals surface area contributed by atoms with Crippen LogP contribution in [0.2, 0.25) is 0 Å². The lowest BCUT2D eigenvalue weighted by Gasteiger charge is -2.36. The van der Waals surface area contributed by atoms with Gasteiger partial charge in [-0.3, -0.25) is 34.2 Å². The lowest BCUT2D eigenvalue weighted by Crippen LogP contribution is -2.54. The number of aromatic nitrogens is 4. The van der Waals surface area contributed by atoms with Crippen molar-refractivity contribution < 1.29 is 36.8 Å². The lowest BCUT2D eigenvalue weighted by molar-refractivity contribution is -0.136. The van der Waals surface area contributed by atoms with Crippen molar-refractivity contribution in [1.82, 2.24) is 40.0 Å². The molecule has 5 heterocycles. The van der Waals surface area contributed by atoms with Gasteiger partial charge in [0.25, 0.3) is 17.7 Å². The Labute approximate surface area is 344 Å². The Balaban J connectivity index is 0.769. The van der Waals surface area contributed by atoms with E-state index in [1.165, 1.54) is 18.3 Å².